The van der Waals surface area contributed by atoms with Gasteiger partial charge in [0.2, 0.25) is 0 Å². The maximum Gasteiger partial charge on any atom is 0.328 e. The lowest BCUT2D eigenvalue weighted by Gasteiger charge is -2.07. The van der Waals surface area contributed by atoms with Crippen LogP contribution in [0.5, 0.6) is 0 Å². The topological polar surface area (TPSA) is 55.1 Å². The van der Waals surface area contributed by atoms with Gasteiger partial charge in [0.05, 0.1) is 21.5 Å². The number of hydrogen-bond acceptors (Lipinski definition) is 2. The number of benzene rings is 1. The second-order valence-corrected chi connectivity index (χ2v) is 5.40. The molecule has 1 aromatic carbocycles. The van der Waals surface area contributed by atoms with Crippen LogP contribution in [0, 0.1) is 20.8 Å². The number of aromatic nitrogens is 2. The van der Waals surface area contributed by atoms with Crippen molar-refractivity contribution in [2.24, 2.45) is 0 Å². The molecule has 0 saturated carbocycles. The Morgan fingerprint density at radius 3 is 2.55 bits per heavy atom. The monoisotopic (exact) mass is 334 g/mol. The number of aliphatic carboxylic acids is 1. The van der Waals surface area contributed by atoms with Gasteiger partial charge in [0.25, 0.3) is 0 Å². The Balaban J connectivity index is 2.43. The lowest BCUT2D eigenvalue weighted by atomic mass is 10.1. The van der Waals surface area contributed by atoms with Crippen LogP contribution < -0.4 is 0 Å². The molecule has 1 heterocycles. The molecule has 2 aromatic rings. The third-order valence-corrected chi connectivity index (χ3v) is 4.25. The molecule has 4 nitrogen and oxygen atoms in total. The van der Waals surface area contributed by atoms with Gasteiger partial charge in [-0.1, -0.05) is 6.07 Å². The van der Waals surface area contributed by atoms with Gasteiger partial charge in [-0.2, -0.15) is 5.10 Å². The zero-order valence-corrected chi connectivity index (χ0v) is 13.1. The first-order valence-corrected chi connectivity index (χ1v) is 6.93. The van der Waals surface area contributed by atoms with Crippen LogP contribution in [-0.2, 0) is 4.79 Å². The summed E-state index contributed by atoms with van der Waals surface area (Å²) in [7, 11) is 0. The van der Waals surface area contributed by atoms with Crippen LogP contribution >= 0.6 is 15.9 Å². The van der Waals surface area contributed by atoms with Gasteiger partial charge in [-0.25, -0.2) is 9.48 Å². The molecule has 0 spiro atoms. The maximum atomic E-state index is 10.6. The van der Waals surface area contributed by atoms with Gasteiger partial charge in [0, 0.05) is 6.08 Å². The fourth-order valence-electron chi connectivity index (χ4n) is 2.01. The Hall–Kier alpha value is -1.88. The SMILES string of the molecule is Cc1cc(-n2nc(C)c(Br)c2C)ccc1C=CC(=O)O. The van der Waals surface area contributed by atoms with E-state index in [1.54, 1.807) is 6.08 Å². The molecule has 0 bridgehead atoms. The molecule has 1 aromatic heterocycles. The molecule has 0 aliphatic heterocycles. The molecule has 0 aliphatic carbocycles. The predicted octanol–water partition coefficient (Wildman–Crippen LogP) is 3.66. The smallest absolute Gasteiger partial charge is 0.328 e. The van der Waals surface area contributed by atoms with E-state index >= 15 is 0 Å². The molecule has 20 heavy (non-hydrogen) atoms. The van der Waals surface area contributed by atoms with Crippen molar-refractivity contribution in [2.45, 2.75) is 20.8 Å². The van der Waals surface area contributed by atoms with Gasteiger partial charge >= 0.3 is 5.97 Å². The van der Waals surface area contributed by atoms with E-state index in [-0.39, 0.29) is 0 Å². The van der Waals surface area contributed by atoms with Gasteiger partial charge < -0.3 is 5.11 Å². The molecule has 0 amide bonds. The maximum absolute atomic E-state index is 10.6. The number of carboxylic acid groups (broad SMARTS) is 1. The van der Waals surface area contributed by atoms with Gasteiger partial charge in [-0.15, -0.1) is 0 Å². The van der Waals surface area contributed by atoms with E-state index in [0.29, 0.717) is 0 Å². The molecule has 0 aliphatic rings. The summed E-state index contributed by atoms with van der Waals surface area (Å²) in [6.45, 7) is 5.90. The normalized spacial score (nSPS) is 11.2. The minimum absolute atomic E-state index is 0.886. The molecule has 2 rings (SSSR count). The molecule has 0 unspecified atom stereocenters. The van der Waals surface area contributed by atoms with Crippen molar-refractivity contribution < 1.29 is 9.90 Å². The second-order valence-electron chi connectivity index (χ2n) is 4.61. The summed E-state index contributed by atoms with van der Waals surface area (Å²) in [6.07, 6.45) is 2.74. The highest BCUT2D eigenvalue weighted by atomic mass is 79.9. The molecule has 1 N–H and O–H groups in total. The van der Waals surface area contributed by atoms with Crippen molar-refractivity contribution in [3.63, 3.8) is 0 Å². The van der Waals surface area contributed by atoms with Crippen molar-refractivity contribution in [3.05, 3.63) is 51.3 Å². The number of aryl methyl sites for hydroxylation is 2. The van der Waals surface area contributed by atoms with Gasteiger partial charge in [0.1, 0.15) is 0 Å². The largest absolute Gasteiger partial charge is 0.478 e. The standard InChI is InChI=1S/C15H15BrN2O2/c1-9-8-13(6-4-12(9)5-7-14(19)20)18-11(3)15(16)10(2)17-18/h4-8H,1-3H3,(H,19,20). The Bertz CT molecular complexity index is 702. The third kappa shape index (κ3) is 2.82. The first-order valence-electron chi connectivity index (χ1n) is 6.14. The van der Waals surface area contributed by atoms with Gasteiger partial charge in [-0.05, 0) is 66.0 Å². The van der Waals surface area contributed by atoms with Crippen molar-refractivity contribution >= 4 is 28.0 Å². The van der Waals surface area contributed by atoms with Crippen LogP contribution in [0.4, 0.5) is 0 Å². The highest BCUT2D eigenvalue weighted by Gasteiger charge is 2.10. The Morgan fingerprint density at radius 1 is 1.35 bits per heavy atom. The van der Waals surface area contributed by atoms with E-state index in [4.69, 9.17) is 5.11 Å². The lowest BCUT2D eigenvalue weighted by Crippen LogP contribution is -2.00. The summed E-state index contributed by atoms with van der Waals surface area (Å²) in [4.78, 5) is 10.6. The fraction of sp³-hybridized carbons (Fsp3) is 0.200. The van der Waals surface area contributed by atoms with Crippen LogP contribution in [0.15, 0.2) is 28.7 Å². The molecule has 5 heteroatoms. The quantitative estimate of drug-likeness (QED) is 0.871. The summed E-state index contributed by atoms with van der Waals surface area (Å²) >= 11 is 3.51. The summed E-state index contributed by atoms with van der Waals surface area (Å²) in [6, 6.07) is 5.82. The molecule has 0 fully saturated rings. The first kappa shape index (κ1) is 14.5. The van der Waals surface area contributed by atoms with E-state index in [9.17, 15) is 4.79 Å². The summed E-state index contributed by atoms with van der Waals surface area (Å²) in [5.41, 5.74) is 4.83. The van der Waals surface area contributed by atoms with Crippen molar-refractivity contribution in [2.75, 3.05) is 0 Å². The molecule has 0 radical (unpaired) electrons. The lowest BCUT2D eigenvalue weighted by molar-refractivity contribution is -0.131. The second kappa shape index (κ2) is 5.63. The molecular weight excluding hydrogens is 320 g/mol. The molecular formula is C15H15BrN2O2. The number of rotatable bonds is 3. The Labute approximate surface area is 125 Å². The number of halogens is 1. The van der Waals surface area contributed by atoms with E-state index in [0.717, 1.165) is 38.8 Å². The molecule has 0 saturated heterocycles. The summed E-state index contributed by atoms with van der Waals surface area (Å²) < 4.78 is 2.88. The van der Waals surface area contributed by atoms with E-state index in [1.807, 2.05) is 43.7 Å². The number of carboxylic acids is 1. The Morgan fingerprint density at radius 2 is 2.05 bits per heavy atom. The summed E-state index contributed by atoms with van der Waals surface area (Å²) in [5, 5.41) is 13.1. The fourth-order valence-corrected chi connectivity index (χ4v) is 2.26. The van der Waals surface area contributed by atoms with Crippen LogP contribution in [-0.4, -0.2) is 20.9 Å². The number of carbonyl (C=O) groups is 1. The minimum atomic E-state index is -0.948. The van der Waals surface area contributed by atoms with Crippen molar-refractivity contribution in [1.29, 1.82) is 0 Å². The zero-order chi connectivity index (χ0) is 14.9. The van der Waals surface area contributed by atoms with E-state index < -0.39 is 5.97 Å². The first-order chi connectivity index (χ1) is 9.40. The average molecular weight is 335 g/mol. The van der Waals surface area contributed by atoms with E-state index in [1.165, 1.54) is 0 Å². The molecule has 104 valence electrons. The van der Waals surface area contributed by atoms with Gasteiger partial charge in [0.15, 0.2) is 0 Å². The summed E-state index contributed by atoms with van der Waals surface area (Å²) in [5.74, 6) is -0.948. The van der Waals surface area contributed by atoms with Crippen molar-refractivity contribution in [1.82, 2.24) is 9.78 Å². The minimum Gasteiger partial charge on any atom is -0.478 e. The van der Waals surface area contributed by atoms with Crippen LogP contribution in [0.25, 0.3) is 11.8 Å². The van der Waals surface area contributed by atoms with Crippen LogP contribution in [0.3, 0.4) is 0 Å². The third-order valence-electron chi connectivity index (χ3n) is 3.11. The Kier molecular flexibility index (Phi) is 4.09. The highest BCUT2D eigenvalue weighted by Crippen LogP contribution is 2.24. The van der Waals surface area contributed by atoms with Crippen molar-refractivity contribution in [3.8, 4) is 5.69 Å². The average Bonchev–Trinajstić information content (AvgIpc) is 2.65. The van der Waals surface area contributed by atoms with Crippen LogP contribution in [0.1, 0.15) is 22.5 Å². The van der Waals surface area contributed by atoms with E-state index in [2.05, 4.69) is 21.0 Å². The zero-order valence-electron chi connectivity index (χ0n) is 11.5. The highest BCUT2D eigenvalue weighted by molar-refractivity contribution is 9.10. The van der Waals surface area contributed by atoms with Crippen LogP contribution in [0.2, 0.25) is 0 Å². The number of nitrogens with zero attached hydrogens (tertiary/aromatic N) is 2. The predicted molar refractivity (Wildman–Crippen MR) is 82.1 cm³/mol. The molecule has 0 atom stereocenters. The van der Waals surface area contributed by atoms with Gasteiger partial charge in [-0.3, -0.25) is 0 Å². The number of hydrogen-bond donors (Lipinski definition) is 1.